The van der Waals surface area contributed by atoms with E-state index in [0.717, 1.165) is 15.1 Å². The van der Waals surface area contributed by atoms with Gasteiger partial charge in [-0.2, -0.15) is 8.61 Å². The summed E-state index contributed by atoms with van der Waals surface area (Å²) in [5.74, 6) is -1.04. The van der Waals surface area contributed by atoms with Gasteiger partial charge in [0.2, 0.25) is 26.0 Å². The van der Waals surface area contributed by atoms with Crippen molar-refractivity contribution in [3.63, 3.8) is 0 Å². The van der Waals surface area contributed by atoms with Gasteiger partial charge < -0.3 is 9.64 Å². The third kappa shape index (κ3) is 7.49. The molecule has 1 fully saturated rings. The van der Waals surface area contributed by atoms with Gasteiger partial charge in [0, 0.05) is 39.3 Å². The molecule has 0 spiro atoms. The Hall–Kier alpha value is -2.90. The van der Waals surface area contributed by atoms with Gasteiger partial charge in [-0.25, -0.2) is 21.2 Å². The topological polar surface area (TPSA) is 104 Å². The lowest BCUT2D eigenvalue weighted by Gasteiger charge is -2.39. The number of halogens is 1. The Kier molecular flexibility index (Phi) is 10.1. The first-order valence-electron chi connectivity index (χ1n) is 13.5. The summed E-state index contributed by atoms with van der Waals surface area (Å²) in [5.41, 5.74) is 0.561. The minimum atomic E-state index is -3.76. The second kappa shape index (κ2) is 13.4. The van der Waals surface area contributed by atoms with Gasteiger partial charge in [0.25, 0.3) is 0 Å². The Balaban J connectivity index is 1.54. The highest BCUT2D eigenvalue weighted by Crippen LogP contribution is 2.27. The van der Waals surface area contributed by atoms with E-state index in [4.69, 9.17) is 4.74 Å². The first-order valence-corrected chi connectivity index (χ1v) is 16.6. The molecule has 0 aliphatic carbocycles. The Morgan fingerprint density at radius 3 is 2.34 bits per heavy atom. The fourth-order valence-electron chi connectivity index (χ4n) is 5.06. The molecule has 1 saturated heterocycles. The van der Waals surface area contributed by atoms with Crippen molar-refractivity contribution >= 4 is 36.7 Å². The van der Waals surface area contributed by atoms with Crippen LogP contribution in [0.2, 0.25) is 0 Å². The van der Waals surface area contributed by atoms with E-state index in [1.54, 1.807) is 35.2 Å². The van der Waals surface area contributed by atoms with Crippen LogP contribution < -0.4 is 0 Å². The van der Waals surface area contributed by atoms with Crippen LogP contribution in [0.4, 0.5) is 4.39 Å². The first kappa shape index (κ1) is 31.0. The summed E-state index contributed by atoms with van der Waals surface area (Å²) in [4.78, 5) is 15.4. The minimum Gasteiger partial charge on any atom is -0.383 e. The number of hydrogen-bond donors (Lipinski definition) is 0. The largest absolute Gasteiger partial charge is 0.383 e. The third-order valence-electron chi connectivity index (χ3n) is 7.40. The predicted molar refractivity (Wildman–Crippen MR) is 156 cm³/mol. The van der Waals surface area contributed by atoms with Gasteiger partial charge in [0.05, 0.1) is 23.8 Å². The molecule has 9 nitrogen and oxygen atoms in total. The zero-order valence-corrected chi connectivity index (χ0v) is 24.9. The molecule has 1 amide bonds. The van der Waals surface area contributed by atoms with E-state index in [1.807, 2.05) is 24.3 Å². The number of rotatable bonds is 12. The van der Waals surface area contributed by atoms with Crippen LogP contribution in [-0.2, 0) is 36.1 Å². The standard InChI is InChI=1S/C29H36FN3O6S2/c1-3-40(35,36)32(17-18-39-2)22-29(34)33(21-23-7-6-10-26(30)19-23)27-13-15-31(16-14-27)41(37,38)28-12-11-24-8-4-5-9-25(24)20-28/h4-12,19-20,27H,3,13-18,21-22H2,1-2H3. The Morgan fingerprint density at radius 2 is 1.68 bits per heavy atom. The lowest BCUT2D eigenvalue weighted by Crippen LogP contribution is -2.51. The molecule has 41 heavy (non-hydrogen) atoms. The summed E-state index contributed by atoms with van der Waals surface area (Å²) in [6.07, 6.45) is 0.707. The van der Waals surface area contributed by atoms with Crippen molar-refractivity contribution in [3.8, 4) is 0 Å². The normalized spacial score (nSPS) is 15.4. The highest BCUT2D eigenvalue weighted by atomic mass is 32.2. The quantitative estimate of drug-likeness (QED) is 0.313. The summed E-state index contributed by atoms with van der Waals surface area (Å²) in [6.45, 7) is 1.72. The molecule has 4 rings (SSSR count). The molecular formula is C29H36FN3O6S2. The molecule has 0 saturated carbocycles. The molecule has 0 unspecified atom stereocenters. The summed E-state index contributed by atoms with van der Waals surface area (Å²) in [5, 5.41) is 1.77. The minimum absolute atomic E-state index is 0.0225. The second-order valence-corrected chi connectivity index (χ2v) is 14.2. The molecule has 0 bridgehead atoms. The molecule has 0 radical (unpaired) electrons. The number of fused-ring (bicyclic) bond motifs is 1. The van der Waals surface area contributed by atoms with Crippen LogP contribution >= 0.6 is 0 Å². The van der Waals surface area contributed by atoms with Gasteiger partial charge in [-0.3, -0.25) is 4.79 Å². The number of hydrogen-bond acceptors (Lipinski definition) is 6. The molecule has 0 atom stereocenters. The highest BCUT2D eigenvalue weighted by molar-refractivity contribution is 7.89. The van der Waals surface area contributed by atoms with Gasteiger partial charge in [0.15, 0.2) is 0 Å². The van der Waals surface area contributed by atoms with Crippen molar-refractivity contribution in [2.75, 3.05) is 45.6 Å². The highest BCUT2D eigenvalue weighted by Gasteiger charge is 2.35. The molecule has 1 aliphatic heterocycles. The van der Waals surface area contributed by atoms with Crippen molar-refractivity contribution < 1.29 is 30.8 Å². The summed E-state index contributed by atoms with van der Waals surface area (Å²) >= 11 is 0. The number of carbonyl (C=O) groups is 1. The Morgan fingerprint density at radius 1 is 0.976 bits per heavy atom. The lowest BCUT2D eigenvalue weighted by atomic mass is 10.0. The fraction of sp³-hybridized carbons (Fsp3) is 0.414. The van der Waals surface area contributed by atoms with Crippen LogP contribution in [0.5, 0.6) is 0 Å². The number of amides is 1. The molecule has 0 aromatic heterocycles. The van der Waals surface area contributed by atoms with Crippen molar-refractivity contribution in [1.29, 1.82) is 0 Å². The lowest BCUT2D eigenvalue weighted by molar-refractivity contribution is -0.135. The number of nitrogens with zero attached hydrogens (tertiary/aromatic N) is 3. The number of piperidine rings is 1. The van der Waals surface area contributed by atoms with Crippen LogP contribution in [0.1, 0.15) is 25.3 Å². The van der Waals surface area contributed by atoms with Crippen molar-refractivity contribution in [2.24, 2.45) is 0 Å². The summed E-state index contributed by atoms with van der Waals surface area (Å²) in [7, 11) is -6.00. The molecule has 1 heterocycles. The van der Waals surface area contributed by atoms with E-state index in [2.05, 4.69) is 0 Å². The van der Waals surface area contributed by atoms with E-state index in [-0.39, 0.29) is 56.0 Å². The second-order valence-electron chi connectivity index (χ2n) is 10.0. The molecule has 222 valence electrons. The van der Waals surface area contributed by atoms with Crippen LogP contribution in [0.25, 0.3) is 10.8 Å². The molecular weight excluding hydrogens is 569 g/mol. The van der Waals surface area contributed by atoms with Crippen LogP contribution in [0.3, 0.4) is 0 Å². The van der Waals surface area contributed by atoms with Crippen LogP contribution in [0.15, 0.2) is 71.6 Å². The van der Waals surface area contributed by atoms with E-state index < -0.39 is 31.8 Å². The van der Waals surface area contributed by atoms with E-state index in [0.29, 0.717) is 18.4 Å². The maximum atomic E-state index is 14.0. The van der Waals surface area contributed by atoms with Crippen molar-refractivity contribution in [1.82, 2.24) is 13.5 Å². The number of carbonyl (C=O) groups excluding carboxylic acids is 1. The van der Waals surface area contributed by atoms with Crippen LogP contribution in [0, 0.1) is 5.82 Å². The predicted octanol–water partition coefficient (Wildman–Crippen LogP) is 3.46. The number of benzene rings is 3. The maximum Gasteiger partial charge on any atom is 0.243 e. The smallest absolute Gasteiger partial charge is 0.243 e. The van der Waals surface area contributed by atoms with Gasteiger partial charge in [-0.15, -0.1) is 0 Å². The SMILES string of the molecule is CCS(=O)(=O)N(CCOC)CC(=O)N(Cc1cccc(F)c1)C1CCN(S(=O)(=O)c2ccc3ccccc3c2)CC1. The number of methoxy groups -OCH3 is 1. The maximum absolute atomic E-state index is 14.0. The molecule has 0 N–H and O–H groups in total. The van der Waals surface area contributed by atoms with Gasteiger partial charge in [0.1, 0.15) is 5.82 Å². The van der Waals surface area contributed by atoms with Gasteiger partial charge in [-0.1, -0.05) is 42.5 Å². The zero-order valence-electron chi connectivity index (χ0n) is 23.3. The molecule has 12 heteroatoms. The summed E-state index contributed by atoms with van der Waals surface area (Å²) in [6, 6.07) is 18.1. The average molecular weight is 606 g/mol. The van der Waals surface area contributed by atoms with E-state index in [9.17, 15) is 26.0 Å². The van der Waals surface area contributed by atoms with Gasteiger partial charge in [-0.05, 0) is 60.4 Å². The van der Waals surface area contributed by atoms with Crippen molar-refractivity contribution in [2.45, 2.75) is 37.2 Å². The summed E-state index contributed by atoms with van der Waals surface area (Å²) < 4.78 is 73.9. The molecule has 3 aromatic carbocycles. The Labute approximate surface area is 241 Å². The number of ether oxygens (including phenoxy) is 1. The van der Waals surface area contributed by atoms with E-state index >= 15 is 0 Å². The molecule has 1 aliphatic rings. The average Bonchev–Trinajstić information content (AvgIpc) is 2.97. The van der Waals surface area contributed by atoms with Gasteiger partial charge >= 0.3 is 0 Å². The fourth-order valence-corrected chi connectivity index (χ4v) is 7.59. The number of sulfonamides is 2. The zero-order chi connectivity index (χ0) is 29.6. The van der Waals surface area contributed by atoms with Crippen molar-refractivity contribution in [3.05, 3.63) is 78.1 Å². The monoisotopic (exact) mass is 605 g/mol. The third-order valence-corrected chi connectivity index (χ3v) is 11.1. The van der Waals surface area contributed by atoms with E-state index in [1.165, 1.54) is 30.5 Å². The Bertz CT molecular complexity index is 1570. The van der Waals surface area contributed by atoms with Crippen LogP contribution in [-0.4, -0.2) is 87.9 Å². The molecule has 3 aromatic rings. The first-order chi connectivity index (χ1) is 19.5.